The summed E-state index contributed by atoms with van der Waals surface area (Å²) in [5.74, 6) is -0.231. The molecule has 1 heterocycles. The summed E-state index contributed by atoms with van der Waals surface area (Å²) in [7, 11) is -3.63. The highest BCUT2D eigenvalue weighted by Crippen LogP contribution is 2.34. The number of nitrogens with zero attached hydrogens (tertiary/aromatic N) is 1. The van der Waals surface area contributed by atoms with Crippen molar-refractivity contribution >= 4 is 43.2 Å². The molecule has 0 radical (unpaired) electrons. The highest BCUT2D eigenvalue weighted by molar-refractivity contribution is 9.10. The van der Waals surface area contributed by atoms with Crippen molar-refractivity contribution in [3.8, 4) is 0 Å². The van der Waals surface area contributed by atoms with Crippen LogP contribution in [0.25, 0.3) is 0 Å². The normalized spacial score (nSPS) is 13.2. The molecule has 1 aliphatic rings. The van der Waals surface area contributed by atoms with Crippen LogP contribution >= 0.6 is 15.9 Å². The molecule has 0 bridgehead atoms. The van der Waals surface area contributed by atoms with E-state index in [1.807, 2.05) is 31.2 Å². The Morgan fingerprint density at radius 1 is 1.03 bits per heavy atom. The molecule has 148 valence electrons. The van der Waals surface area contributed by atoms with E-state index < -0.39 is 10.0 Å². The molecule has 0 spiro atoms. The predicted octanol–water partition coefficient (Wildman–Crippen LogP) is 4.76. The molecule has 7 heteroatoms. The largest absolute Gasteiger partial charge is 0.322 e. The number of amides is 1. The molecule has 5 nitrogen and oxygen atoms in total. The zero-order valence-electron chi connectivity index (χ0n) is 15.7. The number of benzene rings is 3. The summed E-state index contributed by atoms with van der Waals surface area (Å²) < 4.78 is 28.4. The van der Waals surface area contributed by atoms with Gasteiger partial charge < -0.3 is 5.32 Å². The van der Waals surface area contributed by atoms with E-state index in [9.17, 15) is 13.2 Å². The molecule has 3 aromatic carbocycles. The van der Waals surface area contributed by atoms with E-state index in [0.717, 1.165) is 15.6 Å². The van der Waals surface area contributed by atoms with Gasteiger partial charge in [-0.2, -0.15) is 0 Å². The second-order valence-corrected chi connectivity index (χ2v) is 9.73. The van der Waals surface area contributed by atoms with Gasteiger partial charge in [0.25, 0.3) is 15.9 Å². The second-order valence-electron chi connectivity index (χ2n) is 6.95. The summed E-state index contributed by atoms with van der Waals surface area (Å²) in [5, 5.41) is 2.86. The van der Waals surface area contributed by atoms with Crippen LogP contribution in [0.3, 0.4) is 0 Å². The molecular weight excluding hydrogens is 452 g/mol. The lowest BCUT2D eigenvalue weighted by atomic mass is 10.1. The molecule has 0 saturated heterocycles. The highest BCUT2D eigenvalue weighted by atomic mass is 79.9. The van der Waals surface area contributed by atoms with E-state index in [1.165, 1.54) is 4.31 Å². The quantitative estimate of drug-likeness (QED) is 0.597. The maximum absolute atomic E-state index is 13.0. The maximum atomic E-state index is 13.0. The Bertz CT molecular complexity index is 1190. The first-order valence-electron chi connectivity index (χ1n) is 9.14. The average molecular weight is 471 g/mol. The number of fused-ring (bicyclic) bond motifs is 1. The topological polar surface area (TPSA) is 66.5 Å². The van der Waals surface area contributed by atoms with E-state index in [-0.39, 0.29) is 10.8 Å². The van der Waals surface area contributed by atoms with E-state index in [0.29, 0.717) is 29.9 Å². The van der Waals surface area contributed by atoms with Crippen molar-refractivity contribution in [2.24, 2.45) is 0 Å². The average Bonchev–Trinajstić information content (AvgIpc) is 3.12. The lowest BCUT2D eigenvalue weighted by Gasteiger charge is -2.20. The number of hydrogen-bond acceptors (Lipinski definition) is 3. The van der Waals surface area contributed by atoms with Crippen molar-refractivity contribution in [3.05, 3.63) is 87.9 Å². The van der Waals surface area contributed by atoms with Gasteiger partial charge in [-0.05, 0) is 67.4 Å². The van der Waals surface area contributed by atoms with Crippen molar-refractivity contribution in [1.29, 1.82) is 0 Å². The molecule has 0 saturated carbocycles. The molecule has 0 aromatic heterocycles. The number of sulfonamides is 1. The van der Waals surface area contributed by atoms with Crippen LogP contribution in [0.5, 0.6) is 0 Å². The molecule has 29 heavy (non-hydrogen) atoms. The highest BCUT2D eigenvalue weighted by Gasteiger charge is 2.31. The van der Waals surface area contributed by atoms with Gasteiger partial charge in [0.15, 0.2) is 0 Å². The fourth-order valence-electron chi connectivity index (χ4n) is 3.37. The molecule has 0 unspecified atom stereocenters. The van der Waals surface area contributed by atoms with Gasteiger partial charge >= 0.3 is 0 Å². The third-order valence-electron chi connectivity index (χ3n) is 4.89. The van der Waals surface area contributed by atoms with Gasteiger partial charge in [0.05, 0.1) is 10.6 Å². The Kier molecular flexibility index (Phi) is 5.19. The minimum absolute atomic E-state index is 0.231. The van der Waals surface area contributed by atoms with Crippen molar-refractivity contribution in [2.75, 3.05) is 16.2 Å². The first-order chi connectivity index (χ1) is 13.8. The number of aryl methyl sites for hydroxylation is 1. The van der Waals surface area contributed by atoms with Crippen LogP contribution in [0.4, 0.5) is 11.4 Å². The predicted molar refractivity (Wildman–Crippen MR) is 118 cm³/mol. The van der Waals surface area contributed by atoms with Crippen molar-refractivity contribution in [2.45, 2.75) is 18.2 Å². The SMILES string of the molecule is Cc1ccc(S(=O)(=O)N2CCc3cc(C(=O)Nc4cccc(Br)c4)ccc32)cc1. The number of rotatable bonds is 4. The molecule has 0 aliphatic carbocycles. The van der Waals surface area contributed by atoms with Crippen LogP contribution in [0.2, 0.25) is 0 Å². The number of carbonyl (C=O) groups excluding carboxylic acids is 1. The Morgan fingerprint density at radius 3 is 2.52 bits per heavy atom. The zero-order chi connectivity index (χ0) is 20.6. The van der Waals surface area contributed by atoms with Gasteiger partial charge in [0.2, 0.25) is 0 Å². The van der Waals surface area contributed by atoms with Gasteiger partial charge in [-0.1, -0.05) is 39.7 Å². The van der Waals surface area contributed by atoms with Gasteiger partial charge in [-0.3, -0.25) is 9.10 Å². The summed E-state index contributed by atoms with van der Waals surface area (Å²) in [4.78, 5) is 12.9. The van der Waals surface area contributed by atoms with E-state index in [2.05, 4.69) is 21.2 Å². The monoisotopic (exact) mass is 470 g/mol. The minimum atomic E-state index is -3.63. The molecule has 1 amide bonds. The molecular formula is C22H19BrN2O3S. The number of hydrogen-bond donors (Lipinski definition) is 1. The molecule has 4 rings (SSSR count). The lowest BCUT2D eigenvalue weighted by Crippen LogP contribution is -2.29. The number of nitrogens with one attached hydrogen (secondary N) is 1. The Hall–Kier alpha value is -2.64. The minimum Gasteiger partial charge on any atom is -0.322 e. The number of halogens is 1. The van der Waals surface area contributed by atoms with Crippen molar-refractivity contribution < 1.29 is 13.2 Å². The van der Waals surface area contributed by atoms with Crippen LogP contribution < -0.4 is 9.62 Å². The van der Waals surface area contributed by atoms with Crippen LogP contribution in [0.15, 0.2) is 76.1 Å². The standard InChI is InChI=1S/C22H19BrN2O3S/c1-15-5-8-20(9-6-15)29(27,28)25-12-11-16-13-17(7-10-21(16)25)22(26)24-19-4-2-3-18(23)14-19/h2-10,13-14H,11-12H2,1H3,(H,24,26). The van der Waals surface area contributed by atoms with Crippen LogP contribution in [0.1, 0.15) is 21.5 Å². The number of anilines is 2. The van der Waals surface area contributed by atoms with E-state index in [1.54, 1.807) is 42.5 Å². The molecule has 3 aromatic rings. The third-order valence-corrected chi connectivity index (χ3v) is 7.21. The second kappa shape index (κ2) is 7.65. The fraction of sp³-hybridized carbons (Fsp3) is 0.136. The first-order valence-corrected chi connectivity index (χ1v) is 11.4. The van der Waals surface area contributed by atoms with Crippen LogP contribution in [-0.4, -0.2) is 20.9 Å². The molecule has 0 atom stereocenters. The Balaban J connectivity index is 1.59. The van der Waals surface area contributed by atoms with Crippen LogP contribution in [0, 0.1) is 6.92 Å². The Morgan fingerprint density at radius 2 is 1.79 bits per heavy atom. The lowest BCUT2D eigenvalue weighted by molar-refractivity contribution is 0.102. The van der Waals surface area contributed by atoms with Crippen LogP contribution in [-0.2, 0) is 16.4 Å². The molecule has 1 N–H and O–H groups in total. The summed E-state index contributed by atoms with van der Waals surface area (Å²) in [6.07, 6.45) is 0.568. The van der Waals surface area contributed by atoms with E-state index in [4.69, 9.17) is 0 Å². The summed E-state index contributed by atoms with van der Waals surface area (Å²) in [6, 6.07) is 19.3. The molecule has 1 aliphatic heterocycles. The fourth-order valence-corrected chi connectivity index (χ4v) is 5.27. The van der Waals surface area contributed by atoms with Gasteiger partial charge in [0, 0.05) is 22.3 Å². The molecule has 0 fully saturated rings. The maximum Gasteiger partial charge on any atom is 0.264 e. The third kappa shape index (κ3) is 3.93. The van der Waals surface area contributed by atoms with Crippen molar-refractivity contribution in [3.63, 3.8) is 0 Å². The summed E-state index contributed by atoms with van der Waals surface area (Å²) >= 11 is 3.38. The van der Waals surface area contributed by atoms with Gasteiger partial charge in [0.1, 0.15) is 0 Å². The Labute approximate surface area is 178 Å². The summed E-state index contributed by atoms with van der Waals surface area (Å²) in [5.41, 5.74) is 3.67. The summed E-state index contributed by atoms with van der Waals surface area (Å²) in [6.45, 7) is 2.28. The zero-order valence-corrected chi connectivity index (χ0v) is 18.1. The first kappa shape index (κ1) is 19.7. The van der Waals surface area contributed by atoms with Gasteiger partial charge in [-0.25, -0.2) is 8.42 Å². The number of carbonyl (C=O) groups is 1. The van der Waals surface area contributed by atoms with E-state index >= 15 is 0 Å². The van der Waals surface area contributed by atoms with Crippen molar-refractivity contribution in [1.82, 2.24) is 0 Å². The smallest absolute Gasteiger partial charge is 0.264 e. The van der Waals surface area contributed by atoms with Gasteiger partial charge in [-0.15, -0.1) is 0 Å².